The van der Waals surface area contributed by atoms with Gasteiger partial charge in [0.2, 0.25) is 0 Å². The molecule has 0 saturated carbocycles. The molecule has 0 aliphatic rings. The highest BCUT2D eigenvalue weighted by atomic mass is 16.3. The van der Waals surface area contributed by atoms with Crippen molar-refractivity contribution in [3.05, 3.63) is 77.6 Å². The monoisotopic (exact) mass is 495 g/mol. The Hall–Kier alpha value is -3.99. The van der Waals surface area contributed by atoms with Crippen molar-refractivity contribution in [2.75, 3.05) is 25.4 Å². The van der Waals surface area contributed by atoms with E-state index in [0.717, 1.165) is 40.7 Å². The molecule has 37 heavy (non-hydrogen) atoms. The van der Waals surface area contributed by atoms with Crippen molar-refractivity contribution in [2.45, 2.75) is 32.8 Å². The molecule has 0 bridgehead atoms. The second kappa shape index (κ2) is 11.8. The third kappa shape index (κ3) is 6.23. The lowest BCUT2D eigenvalue weighted by Crippen LogP contribution is -2.32. The van der Waals surface area contributed by atoms with E-state index in [1.807, 2.05) is 42.1 Å². The Balaban J connectivity index is 1.47. The summed E-state index contributed by atoms with van der Waals surface area (Å²) >= 11 is 0. The largest absolute Gasteiger partial charge is 0.392 e. The predicted octanol–water partition coefficient (Wildman–Crippen LogP) is 4.28. The minimum absolute atomic E-state index is 0.0184. The Labute approximate surface area is 217 Å². The minimum atomic E-state index is -0.506. The van der Waals surface area contributed by atoms with Gasteiger partial charge in [-0.3, -0.25) is 9.48 Å². The van der Waals surface area contributed by atoms with Gasteiger partial charge < -0.3 is 15.7 Å². The number of Topliss-reactive ketones (excluding diaryl/α,β-unsaturated/α-hetero) is 1. The van der Waals surface area contributed by atoms with Crippen LogP contribution in [0.15, 0.2) is 60.9 Å². The number of carbonyl (C=O) groups excluding carboxylic acids is 1. The molecule has 4 aromatic rings. The highest BCUT2D eigenvalue weighted by Gasteiger charge is 2.13. The van der Waals surface area contributed by atoms with E-state index in [2.05, 4.69) is 46.7 Å². The molecule has 4 rings (SSSR count). The maximum Gasteiger partial charge on any atom is 0.162 e. The molecule has 2 aromatic heterocycles. The van der Waals surface area contributed by atoms with Crippen molar-refractivity contribution in [2.24, 2.45) is 7.05 Å². The van der Waals surface area contributed by atoms with E-state index in [0.29, 0.717) is 36.3 Å². The lowest BCUT2D eigenvalue weighted by atomic mass is 10.0. The van der Waals surface area contributed by atoms with Crippen molar-refractivity contribution in [1.82, 2.24) is 19.7 Å². The fourth-order valence-electron chi connectivity index (χ4n) is 4.37. The molecule has 0 spiro atoms. The van der Waals surface area contributed by atoms with Crippen LogP contribution in [0, 0.1) is 11.8 Å². The number of nitrogens with zero attached hydrogens (tertiary/aromatic N) is 4. The van der Waals surface area contributed by atoms with Crippen molar-refractivity contribution < 1.29 is 9.90 Å². The number of hydrogen-bond acceptors (Lipinski definition) is 6. The number of likely N-dealkylation sites (N-methyl/N-ethyl adjacent to an activating group) is 1. The Morgan fingerprint density at radius 3 is 2.54 bits per heavy atom. The summed E-state index contributed by atoms with van der Waals surface area (Å²) in [7, 11) is 1.91. The third-order valence-corrected chi connectivity index (χ3v) is 6.64. The summed E-state index contributed by atoms with van der Waals surface area (Å²) in [6, 6.07) is 15.3. The second-order valence-electron chi connectivity index (χ2n) is 9.09. The number of aliphatic hydroxyl groups is 1. The molecule has 7 heteroatoms. The average molecular weight is 496 g/mol. The molecule has 3 N–H and O–H groups in total. The van der Waals surface area contributed by atoms with Gasteiger partial charge in [-0.25, -0.2) is 4.98 Å². The highest BCUT2D eigenvalue weighted by molar-refractivity contribution is 5.96. The number of aliphatic hydroxyl groups excluding tert-OH is 1. The van der Waals surface area contributed by atoms with Crippen LogP contribution in [0.3, 0.4) is 0 Å². The van der Waals surface area contributed by atoms with Crippen LogP contribution < -0.4 is 5.73 Å². The van der Waals surface area contributed by atoms with Crippen LogP contribution in [0.1, 0.15) is 48.2 Å². The number of pyridine rings is 1. The molecule has 0 saturated heterocycles. The van der Waals surface area contributed by atoms with Gasteiger partial charge in [-0.05, 0) is 43.8 Å². The Morgan fingerprint density at radius 1 is 1.11 bits per heavy atom. The molecule has 190 valence electrons. The fourth-order valence-corrected chi connectivity index (χ4v) is 4.37. The number of fused-ring (bicyclic) bond motifs is 1. The summed E-state index contributed by atoms with van der Waals surface area (Å²) in [6.45, 7) is 6.49. The molecule has 0 radical (unpaired) electrons. The molecule has 7 nitrogen and oxygen atoms in total. The zero-order valence-electron chi connectivity index (χ0n) is 21.6. The smallest absolute Gasteiger partial charge is 0.162 e. The summed E-state index contributed by atoms with van der Waals surface area (Å²) in [5.74, 6) is 6.73. The lowest BCUT2D eigenvalue weighted by Gasteiger charge is -2.21. The zero-order valence-corrected chi connectivity index (χ0v) is 21.6. The van der Waals surface area contributed by atoms with E-state index >= 15 is 0 Å². The van der Waals surface area contributed by atoms with Crippen LogP contribution in [0.4, 0.5) is 5.82 Å². The zero-order chi connectivity index (χ0) is 26.4. The van der Waals surface area contributed by atoms with Gasteiger partial charge in [0.15, 0.2) is 5.78 Å². The van der Waals surface area contributed by atoms with Crippen LogP contribution >= 0.6 is 0 Å². The van der Waals surface area contributed by atoms with E-state index in [1.165, 1.54) is 0 Å². The van der Waals surface area contributed by atoms with E-state index < -0.39 is 6.10 Å². The normalized spacial score (nSPS) is 11.9. The molecule has 0 aliphatic carbocycles. The number of carbonyl (C=O) groups is 1. The first kappa shape index (κ1) is 26.1. The number of aryl methyl sites for hydroxylation is 1. The number of hydrogen-bond donors (Lipinski definition) is 2. The number of nitrogen functional groups attached to an aromatic ring is 1. The highest BCUT2D eigenvalue weighted by Crippen LogP contribution is 2.27. The minimum Gasteiger partial charge on any atom is -0.392 e. The van der Waals surface area contributed by atoms with E-state index in [9.17, 15) is 9.90 Å². The lowest BCUT2D eigenvalue weighted by molar-refractivity contribution is 0.0877. The van der Waals surface area contributed by atoms with Gasteiger partial charge in [0.1, 0.15) is 5.82 Å². The fraction of sp³-hybridized carbons (Fsp3) is 0.300. The summed E-state index contributed by atoms with van der Waals surface area (Å²) in [4.78, 5) is 19.1. The number of nitrogens with two attached hydrogens (primary N) is 1. The molecular weight excluding hydrogens is 462 g/mol. The topological polar surface area (TPSA) is 97.3 Å². The molecule has 2 aromatic carbocycles. The van der Waals surface area contributed by atoms with Gasteiger partial charge in [0.05, 0.1) is 17.4 Å². The number of benzene rings is 2. The summed E-state index contributed by atoms with van der Waals surface area (Å²) in [5.41, 5.74) is 10.3. The number of ketones is 1. The molecule has 1 unspecified atom stereocenters. The van der Waals surface area contributed by atoms with Crippen LogP contribution in [-0.4, -0.2) is 56.3 Å². The standard InChI is InChI=1S/C30H33N5O2/c1-4-35(5-2)20-25(36)12-15-29(37)22-9-6-21(7-10-22)8-13-27-26-14-11-23(28-16-17-33-34(28)3)18-24(26)19-32-30(27)31/h6-7,9-11,14,16-19,25,36H,4-5,12,15,20H2,1-3H3,(H2,31,32). The van der Waals surface area contributed by atoms with Crippen LogP contribution in [0.5, 0.6) is 0 Å². The van der Waals surface area contributed by atoms with Gasteiger partial charge in [0, 0.05) is 59.9 Å². The molecule has 0 amide bonds. The molecule has 2 heterocycles. The van der Waals surface area contributed by atoms with Crippen molar-refractivity contribution in [3.63, 3.8) is 0 Å². The van der Waals surface area contributed by atoms with Crippen molar-refractivity contribution in [1.29, 1.82) is 0 Å². The van der Waals surface area contributed by atoms with E-state index in [4.69, 9.17) is 5.73 Å². The summed E-state index contributed by atoms with van der Waals surface area (Å²) in [5, 5.41) is 16.4. The average Bonchev–Trinajstić information content (AvgIpc) is 3.35. The molecular formula is C30H33N5O2. The first-order valence-corrected chi connectivity index (χ1v) is 12.6. The van der Waals surface area contributed by atoms with Crippen molar-refractivity contribution in [3.8, 4) is 23.1 Å². The van der Waals surface area contributed by atoms with Gasteiger partial charge in [0.25, 0.3) is 0 Å². The van der Waals surface area contributed by atoms with Crippen LogP contribution in [0.2, 0.25) is 0 Å². The van der Waals surface area contributed by atoms with Gasteiger partial charge >= 0.3 is 0 Å². The Bertz CT molecular complexity index is 1440. The van der Waals surface area contributed by atoms with E-state index in [-0.39, 0.29) is 5.78 Å². The van der Waals surface area contributed by atoms with Crippen LogP contribution in [-0.2, 0) is 7.05 Å². The number of anilines is 1. The quantitative estimate of drug-likeness (QED) is 0.266. The first-order chi connectivity index (χ1) is 17.9. The second-order valence-corrected chi connectivity index (χ2v) is 9.09. The molecule has 1 atom stereocenters. The van der Waals surface area contributed by atoms with E-state index in [1.54, 1.807) is 24.5 Å². The Morgan fingerprint density at radius 2 is 1.86 bits per heavy atom. The Kier molecular flexibility index (Phi) is 8.34. The summed E-state index contributed by atoms with van der Waals surface area (Å²) in [6.07, 6.45) is 3.79. The maximum absolute atomic E-state index is 12.6. The number of rotatable bonds is 9. The summed E-state index contributed by atoms with van der Waals surface area (Å²) < 4.78 is 1.83. The number of aromatic nitrogens is 3. The predicted molar refractivity (Wildman–Crippen MR) is 148 cm³/mol. The maximum atomic E-state index is 12.6. The van der Waals surface area contributed by atoms with Gasteiger partial charge in [-0.2, -0.15) is 5.10 Å². The third-order valence-electron chi connectivity index (χ3n) is 6.64. The molecule has 0 fully saturated rings. The van der Waals surface area contributed by atoms with Crippen LogP contribution in [0.25, 0.3) is 22.0 Å². The molecule has 0 aliphatic heterocycles. The van der Waals surface area contributed by atoms with Crippen molar-refractivity contribution >= 4 is 22.4 Å². The van der Waals surface area contributed by atoms with Gasteiger partial charge in [-0.15, -0.1) is 0 Å². The SMILES string of the molecule is CCN(CC)CC(O)CCC(=O)c1ccc(C#Cc2c(N)ncc3cc(-c4ccnn4C)ccc23)cc1. The first-order valence-electron chi connectivity index (χ1n) is 12.6. The van der Waals surface area contributed by atoms with Gasteiger partial charge in [-0.1, -0.05) is 50.0 Å².